The first-order valence-electron chi connectivity index (χ1n) is 6.59. The number of hydrogen-bond donors (Lipinski definition) is 1. The second kappa shape index (κ2) is 6.01. The van der Waals surface area contributed by atoms with Crippen molar-refractivity contribution in [2.24, 2.45) is 0 Å². The van der Waals surface area contributed by atoms with Gasteiger partial charge in [-0.25, -0.2) is 0 Å². The van der Waals surface area contributed by atoms with Gasteiger partial charge >= 0.3 is 0 Å². The van der Waals surface area contributed by atoms with E-state index >= 15 is 0 Å². The largest absolute Gasteiger partial charge is 0.376 e. The highest BCUT2D eigenvalue weighted by Crippen LogP contribution is 2.12. The Morgan fingerprint density at radius 2 is 2.22 bits per heavy atom. The number of amides is 1. The van der Waals surface area contributed by atoms with Gasteiger partial charge in [-0.15, -0.1) is 0 Å². The average Bonchev–Trinajstić information content (AvgIpc) is 2.84. The molecule has 0 bridgehead atoms. The van der Waals surface area contributed by atoms with Crippen LogP contribution in [-0.2, 0) is 16.0 Å². The number of ether oxygens (including phenoxy) is 1. The van der Waals surface area contributed by atoms with E-state index in [0.29, 0.717) is 13.0 Å². The van der Waals surface area contributed by atoms with Gasteiger partial charge in [0.1, 0.15) is 0 Å². The SMILES string of the molecule is Cc1ccc(CC(=O)NCC2CCCO2)cc1C. The molecule has 1 N–H and O–H groups in total. The molecule has 0 aromatic heterocycles. The lowest BCUT2D eigenvalue weighted by molar-refractivity contribution is -0.120. The Balaban J connectivity index is 1.80. The van der Waals surface area contributed by atoms with E-state index in [2.05, 4.69) is 31.3 Å². The molecular weight excluding hydrogens is 226 g/mol. The van der Waals surface area contributed by atoms with Gasteiger partial charge in [-0.2, -0.15) is 0 Å². The van der Waals surface area contributed by atoms with Gasteiger partial charge in [-0.3, -0.25) is 4.79 Å². The summed E-state index contributed by atoms with van der Waals surface area (Å²) in [5.41, 5.74) is 3.57. The van der Waals surface area contributed by atoms with Crippen LogP contribution in [0, 0.1) is 13.8 Å². The molecule has 0 radical (unpaired) electrons. The van der Waals surface area contributed by atoms with E-state index in [1.807, 2.05) is 6.07 Å². The Morgan fingerprint density at radius 1 is 1.39 bits per heavy atom. The molecule has 1 aromatic carbocycles. The van der Waals surface area contributed by atoms with E-state index in [9.17, 15) is 4.79 Å². The zero-order valence-corrected chi connectivity index (χ0v) is 11.2. The Hall–Kier alpha value is -1.35. The molecule has 18 heavy (non-hydrogen) atoms. The van der Waals surface area contributed by atoms with E-state index < -0.39 is 0 Å². The number of benzene rings is 1. The smallest absolute Gasteiger partial charge is 0.224 e. The van der Waals surface area contributed by atoms with Crippen LogP contribution in [0.3, 0.4) is 0 Å². The van der Waals surface area contributed by atoms with Crippen molar-refractivity contribution in [3.05, 3.63) is 34.9 Å². The Kier molecular flexibility index (Phi) is 4.37. The summed E-state index contributed by atoms with van der Waals surface area (Å²) in [6, 6.07) is 6.17. The first-order valence-corrected chi connectivity index (χ1v) is 6.59. The van der Waals surface area contributed by atoms with Gasteiger partial charge in [0.2, 0.25) is 5.91 Å². The standard InChI is InChI=1S/C15H21NO2/c1-11-5-6-13(8-12(11)2)9-15(17)16-10-14-4-3-7-18-14/h5-6,8,14H,3-4,7,9-10H2,1-2H3,(H,16,17). The summed E-state index contributed by atoms with van der Waals surface area (Å²) in [5, 5.41) is 2.94. The summed E-state index contributed by atoms with van der Waals surface area (Å²) in [6.07, 6.45) is 2.84. The van der Waals surface area contributed by atoms with Crippen LogP contribution in [0.25, 0.3) is 0 Å². The molecule has 1 fully saturated rings. The molecule has 1 unspecified atom stereocenters. The minimum atomic E-state index is 0.0775. The van der Waals surface area contributed by atoms with Crippen LogP contribution in [0.1, 0.15) is 29.5 Å². The van der Waals surface area contributed by atoms with Crippen molar-refractivity contribution in [2.45, 2.75) is 39.2 Å². The molecule has 1 saturated heterocycles. The molecule has 1 aromatic rings. The lowest BCUT2D eigenvalue weighted by Gasteiger charge is -2.11. The molecular formula is C15H21NO2. The fourth-order valence-corrected chi connectivity index (χ4v) is 2.19. The molecule has 3 nitrogen and oxygen atoms in total. The van der Waals surface area contributed by atoms with Crippen molar-refractivity contribution in [3.63, 3.8) is 0 Å². The van der Waals surface area contributed by atoms with Gasteiger partial charge in [0, 0.05) is 13.2 Å². The highest BCUT2D eigenvalue weighted by Gasteiger charge is 2.16. The molecule has 2 rings (SSSR count). The number of carbonyl (C=O) groups excluding carboxylic acids is 1. The first-order chi connectivity index (χ1) is 8.65. The summed E-state index contributed by atoms with van der Waals surface area (Å²) in [6.45, 7) is 5.63. The number of carbonyl (C=O) groups is 1. The third kappa shape index (κ3) is 3.57. The van der Waals surface area contributed by atoms with Crippen LogP contribution in [0.15, 0.2) is 18.2 Å². The molecule has 1 amide bonds. The highest BCUT2D eigenvalue weighted by molar-refractivity contribution is 5.78. The molecule has 1 aliphatic heterocycles. The van der Waals surface area contributed by atoms with E-state index in [-0.39, 0.29) is 12.0 Å². The van der Waals surface area contributed by atoms with E-state index in [1.54, 1.807) is 0 Å². The lowest BCUT2D eigenvalue weighted by atomic mass is 10.0. The fraction of sp³-hybridized carbons (Fsp3) is 0.533. The fourth-order valence-electron chi connectivity index (χ4n) is 2.19. The van der Waals surface area contributed by atoms with E-state index in [0.717, 1.165) is 25.0 Å². The van der Waals surface area contributed by atoms with Crippen molar-refractivity contribution >= 4 is 5.91 Å². The average molecular weight is 247 g/mol. The molecule has 0 aliphatic carbocycles. The van der Waals surface area contributed by atoms with Crippen molar-refractivity contribution in [1.82, 2.24) is 5.32 Å². The van der Waals surface area contributed by atoms with Gasteiger partial charge in [0.05, 0.1) is 12.5 Å². The number of rotatable bonds is 4. The summed E-state index contributed by atoms with van der Waals surface area (Å²) >= 11 is 0. The van der Waals surface area contributed by atoms with Crippen molar-refractivity contribution in [3.8, 4) is 0 Å². The molecule has 0 saturated carbocycles. The summed E-state index contributed by atoms with van der Waals surface area (Å²) < 4.78 is 5.47. The molecule has 98 valence electrons. The van der Waals surface area contributed by atoms with Crippen LogP contribution >= 0.6 is 0 Å². The first kappa shape index (κ1) is 13.1. The Labute approximate surface area is 109 Å². The zero-order valence-electron chi connectivity index (χ0n) is 11.2. The molecule has 1 atom stereocenters. The molecule has 1 heterocycles. The maximum Gasteiger partial charge on any atom is 0.224 e. The van der Waals surface area contributed by atoms with Crippen molar-refractivity contribution < 1.29 is 9.53 Å². The van der Waals surface area contributed by atoms with Crippen molar-refractivity contribution in [2.75, 3.05) is 13.2 Å². The molecule has 3 heteroatoms. The predicted molar refractivity (Wildman–Crippen MR) is 71.6 cm³/mol. The van der Waals surface area contributed by atoms with Crippen LogP contribution < -0.4 is 5.32 Å². The van der Waals surface area contributed by atoms with Gasteiger partial charge < -0.3 is 10.1 Å². The third-order valence-corrected chi connectivity index (χ3v) is 3.49. The number of hydrogen-bond acceptors (Lipinski definition) is 2. The number of aryl methyl sites for hydroxylation is 2. The van der Waals surface area contributed by atoms with Gasteiger partial charge in [0.25, 0.3) is 0 Å². The minimum Gasteiger partial charge on any atom is -0.376 e. The topological polar surface area (TPSA) is 38.3 Å². The van der Waals surface area contributed by atoms with Crippen LogP contribution in [0.2, 0.25) is 0 Å². The quantitative estimate of drug-likeness (QED) is 0.885. The lowest BCUT2D eigenvalue weighted by Crippen LogP contribution is -2.32. The van der Waals surface area contributed by atoms with Crippen LogP contribution in [-0.4, -0.2) is 25.2 Å². The molecule has 1 aliphatic rings. The second-order valence-corrected chi connectivity index (χ2v) is 5.03. The third-order valence-electron chi connectivity index (χ3n) is 3.49. The monoisotopic (exact) mass is 247 g/mol. The van der Waals surface area contributed by atoms with Gasteiger partial charge in [0.15, 0.2) is 0 Å². The number of nitrogens with one attached hydrogen (secondary N) is 1. The zero-order chi connectivity index (χ0) is 13.0. The molecule has 0 spiro atoms. The Morgan fingerprint density at radius 3 is 2.89 bits per heavy atom. The second-order valence-electron chi connectivity index (χ2n) is 5.03. The maximum absolute atomic E-state index is 11.8. The van der Waals surface area contributed by atoms with Gasteiger partial charge in [-0.1, -0.05) is 18.2 Å². The maximum atomic E-state index is 11.8. The van der Waals surface area contributed by atoms with Crippen LogP contribution in [0.5, 0.6) is 0 Å². The minimum absolute atomic E-state index is 0.0775. The van der Waals surface area contributed by atoms with E-state index in [1.165, 1.54) is 11.1 Å². The predicted octanol–water partition coefficient (Wildman–Crippen LogP) is 2.14. The van der Waals surface area contributed by atoms with Crippen LogP contribution in [0.4, 0.5) is 0 Å². The normalized spacial score (nSPS) is 18.9. The Bertz CT molecular complexity index is 423. The highest BCUT2D eigenvalue weighted by atomic mass is 16.5. The summed E-state index contributed by atoms with van der Waals surface area (Å²) in [5.74, 6) is 0.0775. The summed E-state index contributed by atoms with van der Waals surface area (Å²) in [7, 11) is 0. The summed E-state index contributed by atoms with van der Waals surface area (Å²) in [4.78, 5) is 11.8. The van der Waals surface area contributed by atoms with Crippen molar-refractivity contribution in [1.29, 1.82) is 0 Å². The van der Waals surface area contributed by atoms with Gasteiger partial charge in [-0.05, 0) is 43.4 Å². The van der Waals surface area contributed by atoms with E-state index in [4.69, 9.17) is 4.74 Å².